The van der Waals surface area contributed by atoms with Gasteiger partial charge in [0, 0.05) is 11.8 Å². The summed E-state index contributed by atoms with van der Waals surface area (Å²) in [4.78, 5) is 23.6. The van der Waals surface area contributed by atoms with Crippen molar-refractivity contribution in [3.8, 4) is 0 Å². The third-order valence-corrected chi connectivity index (χ3v) is 1.21. The van der Waals surface area contributed by atoms with E-state index in [4.69, 9.17) is 0 Å². The molecule has 1 heterocycles. The fourth-order valence-electron chi connectivity index (χ4n) is 0.635. The average molecular weight is 224 g/mol. The zero-order chi connectivity index (χ0) is 9.14. The molecule has 0 saturated heterocycles. The summed E-state index contributed by atoms with van der Waals surface area (Å²) < 4.78 is 0. The van der Waals surface area contributed by atoms with E-state index in [0.29, 0.717) is 0 Å². The van der Waals surface area contributed by atoms with Crippen LogP contribution in [-0.4, -0.2) is 16.9 Å². The Kier molecular flexibility index (Phi) is 4.07. The van der Waals surface area contributed by atoms with Crippen LogP contribution < -0.4 is 10.2 Å². The first-order valence-electron chi connectivity index (χ1n) is 3.00. The van der Waals surface area contributed by atoms with Crippen LogP contribution in [0.2, 0.25) is 0 Å². The summed E-state index contributed by atoms with van der Waals surface area (Å²) in [5.74, 6) is -2.84. The Labute approximate surface area is 83.3 Å². The van der Waals surface area contributed by atoms with E-state index in [2.05, 4.69) is 4.98 Å². The Hall–Kier alpha value is -1.42. The van der Waals surface area contributed by atoms with Gasteiger partial charge in [-0.25, -0.2) is 0 Å². The molecule has 0 N–H and O–H groups in total. The van der Waals surface area contributed by atoms with Crippen molar-refractivity contribution < 1.29 is 36.3 Å². The number of hydrogen-bond donors (Lipinski definition) is 0. The molecule has 0 amide bonds. The van der Waals surface area contributed by atoms with Crippen molar-refractivity contribution in [2.75, 3.05) is 0 Å². The van der Waals surface area contributed by atoms with Crippen LogP contribution in [0.15, 0.2) is 18.3 Å². The number of aromatic nitrogens is 1. The van der Waals surface area contributed by atoms with Crippen molar-refractivity contribution in [1.29, 1.82) is 0 Å². The second-order valence-electron chi connectivity index (χ2n) is 2.01. The number of carboxylic acid groups (broad SMARTS) is 2. The minimum absolute atomic E-state index is 0. The molecule has 1 rings (SSSR count). The molecule has 0 aliphatic heterocycles. The molecule has 13 heavy (non-hydrogen) atoms. The number of hydrogen-bond acceptors (Lipinski definition) is 5. The Balaban J connectivity index is 0.00000144. The molecular formula is C7H3NNiO4. The second kappa shape index (κ2) is 4.57. The number of nitrogens with zero attached hydrogens (tertiary/aromatic N) is 1. The number of carbonyl (C=O) groups is 2. The standard InChI is InChI=1S/C7H5NO4.Ni/c9-6(10)4-1-2-5(7(11)12)8-3-4;/h1-3H,(H,9,10)(H,11,12);/q;+2/p-2. The topological polar surface area (TPSA) is 93.1 Å². The zero-order valence-corrected chi connectivity index (χ0v) is 7.12. The smallest absolute Gasteiger partial charge is 0.545 e. The second-order valence-corrected chi connectivity index (χ2v) is 2.01. The maximum Gasteiger partial charge on any atom is 2.00 e. The van der Waals surface area contributed by atoms with Crippen molar-refractivity contribution in [3.63, 3.8) is 0 Å². The molecule has 5 nitrogen and oxygen atoms in total. The first kappa shape index (κ1) is 11.6. The van der Waals surface area contributed by atoms with Crippen LogP contribution in [-0.2, 0) is 16.5 Å². The molecule has 0 spiro atoms. The number of carboxylic acids is 2. The Morgan fingerprint density at radius 2 is 1.77 bits per heavy atom. The van der Waals surface area contributed by atoms with Crippen LogP contribution in [0.1, 0.15) is 20.8 Å². The summed E-state index contributed by atoms with van der Waals surface area (Å²) in [6.45, 7) is 0. The van der Waals surface area contributed by atoms with Gasteiger partial charge in [-0.15, -0.1) is 0 Å². The van der Waals surface area contributed by atoms with E-state index in [0.717, 1.165) is 18.3 Å². The van der Waals surface area contributed by atoms with Gasteiger partial charge in [-0.05, 0) is 12.1 Å². The summed E-state index contributed by atoms with van der Waals surface area (Å²) in [6.07, 6.45) is 0.903. The van der Waals surface area contributed by atoms with Gasteiger partial charge in [-0.1, -0.05) is 0 Å². The number of pyridine rings is 1. The van der Waals surface area contributed by atoms with Gasteiger partial charge in [0.25, 0.3) is 0 Å². The molecule has 0 saturated carbocycles. The van der Waals surface area contributed by atoms with Gasteiger partial charge in [-0.2, -0.15) is 0 Å². The van der Waals surface area contributed by atoms with Crippen molar-refractivity contribution >= 4 is 11.9 Å². The van der Waals surface area contributed by atoms with Crippen molar-refractivity contribution in [3.05, 3.63) is 29.6 Å². The third kappa shape index (κ3) is 2.84. The van der Waals surface area contributed by atoms with Gasteiger partial charge in [0.05, 0.1) is 17.6 Å². The van der Waals surface area contributed by atoms with E-state index in [1.807, 2.05) is 0 Å². The summed E-state index contributed by atoms with van der Waals surface area (Å²) in [6, 6.07) is 2.13. The minimum Gasteiger partial charge on any atom is -0.545 e. The van der Waals surface area contributed by atoms with Gasteiger partial charge >= 0.3 is 16.5 Å². The van der Waals surface area contributed by atoms with Crippen molar-refractivity contribution in [2.45, 2.75) is 0 Å². The first-order valence-corrected chi connectivity index (χ1v) is 3.00. The van der Waals surface area contributed by atoms with Crippen LogP contribution in [0, 0.1) is 0 Å². The number of rotatable bonds is 2. The maximum absolute atomic E-state index is 10.2. The molecule has 1 aromatic heterocycles. The molecule has 70 valence electrons. The summed E-state index contributed by atoms with van der Waals surface area (Å²) in [7, 11) is 0. The number of aromatic carboxylic acids is 2. The largest absolute Gasteiger partial charge is 2.00 e. The van der Waals surface area contributed by atoms with Crippen molar-refractivity contribution in [2.24, 2.45) is 0 Å². The minimum atomic E-state index is -1.44. The molecule has 0 fully saturated rings. The normalized spacial score (nSPS) is 8.62. The summed E-state index contributed by atoms with van der Waals surface area (Å²) in [5.41, 5.74) is -0.472. The molecule has 0 atom stereocenters. The fraction of sp³-hybridized carbons (Fsp3) is 0. The Morgan fingerprint density at radius 1 is 1.15 bits per heavy atom. The van der Waals surface area contributed by atoms with Crippen LogP contribution in [0.4, 0.5) is 0 Å². The molecule has 0 unspecified atom stereocenters. The van der Waals surface area contributed by atoms with E-state index in [9.17, 15) is 19.8 Å². The summed E-state index contributed by atoms with van der Waals surface area (Å²) >= 11 is 0. The SMILES string of the molecule is O=C([O-])c1ccc(C(=O)[O-])nc1.[Ni+2]. The monoisotopic (exact) mass is 223 g/mol. The Morgan fingerprint density at radius 3 is 2.08 bits per heavy atom. The molecule has 0 radical (unpaired) electrons. The molecule has 0 bridgehead atoms. The van der Waals surface area contributed by atoms with Crippen LogP contribution in [0.25, 0.3) is 0 Å². The first-order chi connectivity index (χ1) is 5.61. The quantitative estimate of drug-likeness (QED) is 0.531. The van der Waals surface area contributed by atoms with Gasteiger partial charge < -0.3 is 19.8 Å². The zero-order valence-electron chi connectivity index (χ0n) is 6.13. The predicted molar refractivity (Wildman–Crippen MR) is 32.9 cm³/mol. The van der Waals surface area contributed by atoms with E-state index >= 15 is 0 Å². The predicted octanol–water partition coefficient (Wildman–Crippen LogP) is -2.19. The molecule has 1 aromatic rings. The molecule has 6 heteroatoms. The van der Waals surface area contributed by atoms with E-state index in [1.54, 1.807) is 0 Å². The summed E-state index contributed by atoms with van der Waals surface area (Å²) in [5, 5.41) is 20.3. The van der Waals surface area contributed by atoms with Gasteiger partial charge in [0.15, 0.2) is 0 Å². The Bertz CT molecular complexity index is 289. The van der Waals surface area contributed by atoms with Gasteiger partial charge in [-0.3, -0.25) is 4.98 Å². The molecule has 0 aromatic carbocycles. The van der Waals surface area contributed by atoms with Crippen LogP contribution >= 0.6 is 0 Å². The molecule has 0 aliphatic rings. The molecular weight excluding hydrogens is 221 g/mol. The van der Waals surface area contributed by atoms with Gasteiger partial charge in [0.1, 0.15) is 0 Å². The van der Waals surface area contributed by atoms with E-state index in [-0.39, 0.29) is 27.7 Å². The average Bonchev–Trinajstić information content (AvgIpc) is 2.04. The van der Waals surface area contributed by atoms with Crippen LogP contribution in [0.5, 0.6) is 0 Å². The van der Waals surface area contributed by atoms with Crippen molar-refractivity contribution in [1.82, 2.24) is 4.98 Å². The van der Waals surface area contributed by atoms with E-state index < -0.39 is 11.9 Å². The molecule has 0 aliphatic carbocycles. The van der Waals surface area contributed by atoms with Gasteiger partial charge in [0.2, 0.25) is 0 Å². The maximum atomic E-state index is 10.2. The third-order valence-electron chi connectivity index (χ3n) is 1.21. The van der Waals surface area contributed by atoms with E-state index in [1.165, 1.54) is 0 Å². The van der Waals surface area contributed by atoms with Crippen LogP contribution in [0.3, 0.4) is 0 Å². The number of carbonyl (C=O) groups excluding carboxylic acids is 2. The fourth-order valence-corrected chi connectivity index (χ4v) is 0.635.